The van der Waals surface area contributed by atoms with Crippen LogP contribution >= 0.6 is 11.8 Å². The minimum Gasteiger partial charge on any atom is -0.431 e. The number of hydrogen-bond acceptors (Lipinski definition) is 4. The van der Waals surface area contributed by atoms with E-state index < -0.39 is 0 Å². The van der Waals surface area contributed by atoms with Gasteiger partial charge in [-0.05, 0) is 41.9 Å². The van der Waals surface area contributed by atoms with Gasteiger partial charge in [0.1, 0.15) is 5.52 Å². The molecule has 0 radical (unpaired) electrons. The van der Waals surface area contributed by atoms with Crippen molar-refractivity contribution in [3.63, 3.8) is 0 Å². The summed E-state index contributed by atoms with van der Waals surface area (Å²) in [5.74, 6) is 0. The number of para-hydroxylation sites is 2. The van der Waals surface area contributed by atoms with Crippen LogP contribution in [0.2, 0.25) is 0 Å². The molecule has 0 aliphatic carbocycles. The molecule has 0 saturated carbocycles. The van der Waals surface area contributed by atoms with Gasteiger partial charge in [-0.2, -0.15) is 0 Å². The van der Waals surface area contributed by atoms with E-state index in [0.29, 0.717) is 5.22 Å². The van der Waals surface area contributed by atoms with Crippen LogP contribution in [-0.2, 0) is 0 Å². The number of nitrogens with zero attached hydrogens (tertiary/aromatic N) is 1. The molecule has 0 amide bonds. The second kappa shape index (κ2) is 5.69. The highest BCUT2D eigenvalue weighted by molar-refractivity contribution is 7.99. The molecule has 1 aromatic heterocycles. The Morgan fingerprint density at radius 2 is 1.90 bits per heavy atom. The molecular weight excluding hydrogens is 268 g/mol. The molecule has 20 heavy (non-hydrogen) atoms. The van der Waals surface area contributed by atoms with Crippen LogP contribution in [0.5, 0.6) is 0 Å². The highest BCUT2D eigenvalue weighted by atomic mass is 32.2. The van der Waals surface area contributed by atoms with Crippen LogP contribution < -0.4 is 5.73 Å². The smallest absolute Gasteiger partial charge is 0.261 e. The van der Waals surface area contributed by atoms with E-state index in [1.165, 1.54) is 11.8 Å². The first kappa shape index (κ1) is 13.2. The SMILES string of the molecule is CCC(N)c1ccccc1Sc1nc2ccccc2o1. The van der Waals surface area contributed by atoms with Gasteiger partial charge in [0.15, 0.2) is 5.58 Å². The number of aromatic nitrogens is 1. The van der Waals surface area contributed by atoms with Crippen molar-refractivity contribution in [3.05, 3.63) is 54.1 Å². The third-order valence-corrected chi connectivity index (χ3v) is 4.17. The Kier molecular flexibility index (Phi) is 3.76. The maximum absolute atomic E-state index is 6.16. The topological polar surface area (TPSA) is 52.0 Å². The molecule has 1 atom stereocenters. The van der Waals surface area contributed by atoms with E-state index in [0.717, 1.165) is 28.0 Å². The van der Waals surface area contributed by atoms with E-state index in [-0.39, 0.29) is 6.04 Å². The maximum Gasteiger partial charge on any atom is 0.261 e. The largest absolute Gasteiger partial charge is 0.431 e. The molecular formula is C16H16N2OS. The van der Waals surface area contributed by atoms with Gasteiger partial charge in [0.25, 0.3) is 5.22 Å². The lowest BCUT2D eigenvalue weighted by Gasteiger charge is -2.12. The van der Waals surface area contributed by atoms with Crippen molar-refractivity contribution in [2.45, 2.75) is 29.5 Å². The highest BCUT2D eigenvalue weighted by Gasteiger charge is 2.13. The van der Waals surface area contributed by atoms with Crippen molar-refractivity contribution in [3.8, 4) is 0 Å². The Balaban J connectivity index is 1.94. The Labute approximate surface area is 122 Å². The highest BCUT2D eigenvalue weighted by Crippen LogP contribution is 2.34. The number of benzene rings is 2. The molecule has 0 saturated heterocycles. The number of hydrogen-bond donors (Lipinski definition) is 1. The van der Waals surface area contributed by atoms with Gasteiger partial charge >= 0.3 is 0 Å². The van der Waals surface area contributed by atoms with E-state index in [2.05, 4.69) is 24.0 Å². The molecule has 0 aliphatic heterocycles. The second-order valence-electron chi connectivity index (χ2n) is 4.60. The maximum atomic E-state index is 6.16. The molecule has 0 bridgehead atoms. The molecule has 0 fully saturated rings. The van der Waals surface area contributed by atoms with Gasteiger partial charge in [-0.3, -0.25) is 0 Å². The van der Waals surface area contributed by atoms with E-state index in [9.17, 15) is 0 Å². The van der Waals surface area contributed by atoms with E-state index in [4.69, 9.17) is 10.2 Å². The molecule has 4 heteroatoms. The summed E-state index contributed by atoms with van der Waals surface area (Å²) in [6.45, 7) is 2.09. The summed E-state index contributed by atoms with van der Waals surface area (Å²) in [5, 5.41) is 0.655. The lowest BCUT2D eigenvalue weighted by molar-refractivity contribution is 0.489. The van der Waals surface area contributed by atoms with Crippen LogP contribution in [0.1, 0.15) is 24.9 Å². The summed E-state index contributed by atoms with van der Waals surface area (Å²) in [6, 6.07) is 16.0. The summed E-state index contributed by atoms with van der Waals surface area (Å²) in [5.41, 5.74) is 8.99. The monoisotopic (exact) mass is 284 g/mol. The molecule has 3 aromatic rings. The average molecular weight is 284 g/mol. The fourth-order valence-electron chi connectivity index (χ4n) is 2.09. The second-order valence-corrected chi connectivity index (χ2v) is 5.60. The van der Waals surface area contributed by atoms with Crippen LogP contribution in [0.3, 0.4) is 0 Å². The van der Waals surface area contributed by atoms with Crippen LogP contribution in [-0.4, -0.2) is 4.98 Å². The Hall–Kier alpha value is -1.78. The van der Waals surface area contributed by atoms with Crippen molar-refractivity contribution < 1.29 is 4.42 Å². The minimum atomic E-state index is 0.0445. The van der Waals surface area contributed by atoms with Crippen molar-refractivity contribution in [2.75, 3.05) is 0 Å². The first-order chi connectivity index (χ1) is 9.78. The summed E-state index contributed by atoms with van der Waals surface area (Å²) in [6.07, 6.45) is 0.908. The lowest BCUT2D eigenvalue weighted by Crippen LogP contribution is -2.09. The Morgan fingerprint density at radius 3 is 2.70 bits per heavy atom. The van der Waals surface area contributed by atoms with Crippen LogP contribution in [0.15, 0.2) is 63.1 Å². The van der Waals surface area contributed by atoms with Gasteiger partial charge in [-0.15, -0.1) is 0 Å². The molecule has 0 spiro atoms. The Morgan fingerprint density at radius 1 is 1.15 bits per heavy atom. The molecule has 2 aromatic carbocycles. The van der Waals surface area contributed by atoms with Crippen molar-refractivity contribution in [1.82, 2.24) is 4.98 Å². The summed E-state index contributed by atoms with van der Waals surface area (Å²) < 4.78 is 5.75. The third kappa shape index (κ3) is 2.57. The van der Waals surface area contributed by atoms with Gasteiger partial charge in [0, 0.05) is 10.9 Å². The van der Waals surface area contributed by atoms with Gasteiger partial charge in [0.2, 0.25) is 0 Å². The summed E-state index contributed by atoms with van der Waals surface area (Å²) >= 11 is 1.53. The van der Waals surface area contributed by atoms with Crippen molar-refractivity contribution >= 4 is 22.9 Å². The standard InChI is InChI=1S/C16H16N2OS/c1-2-12(17)11-7-3-6-10-15(11)20-16-18-13-8-4-5-9-14(13)19-16/h3-10,12H,2,17H2,1H3. The average Bonchev–Trinajstić information content (AvgIpc) is 2.89. The van der Waals surface area contributed by atoms with Gasteiger partial charge < -0.3 is 10.2 Å². The first-order valence-corrected chi connectivity index (χ1v) is 7.47. The van der Waals surface area contributed by atoms with Gasteiger partial charge in [0.05, 0.1) is 0 Å². The normalized spacial score (nSPS) is 12.7. The summed E-state index contributed by atoms with van der Waals surface area (Å²) in [4.78, 5) is 5.59. The zero-order valence-corrected chi connectivity index (χ0v) is 12.1. The van der Waals surface area contributed by atoms with Crippen LogP contribution in [0.4, 0.5) is 0 Å². The molecule has 1 unspecified atom stereocenters. The molecule has 102 valence electrons. The fraction of sp³-hybridized carbons (Fsp3) is 0.188. The minimum absolute atomic E-state index is 0.0445. The van der Waals surface area contributed by atoms with Gasteiger partial charge in [-0.25, -0.2) is 4.98 Å². The van der Waals surface area contributed by atoms with E-state index in [1.807, 2.05) is 36.4 Å². The van der Waals surface area contributed by atoms with Crippen molar-refractivity contribution in [1.29, 1.82) is 0 Å². The lowest BCUT2D eigenvalue weighted by atomic mass is 10.1. The number of rotatable bonds is 4. The zero-order valence-electron chi connectivity index (χ0n) is 11.2. The van der Waals surface area contributed by atoms with Crippen LogP contribution in [0.25, 0.3) is 11.1 Å². The van der Waals surface area contributed by atoms with E-state index in [1.54, 1.807) is 0 Å². The molecule has 3 nitrogen and oxygen atoms in total. The van der Waals surface area contributed by atoms with E-state index >= 15 is 0 Å². The molecule has 3 rings (SSSR count). The fourth-order valence-corrected chi connectivity index (χ4v) is 3.04. The number of nitrogens with two attached hydrogens (primary N) is 1. The van der Waals surface area contributed by atoms with Crippen LogP contribution in [0, 0.1) is 0 Å². The predicted molar refractivity (Wildman–Crippen MR) is 81.8 cm³/mol. The quantitative estimate of drug-likeness (QED) is 0.772. The molecule has 1 heterocycles. The third-order valence-electron chi connectivity index (χ3n) is 3.23. The van der Waals surface area contributed by atoms with Crippen molar-refractivity contribution in [2.24, 2.45) is 5.73 Å². The summed E-state index contributed by atoms with van der Waals surface area (Å²) in [7, 11) is 0. The Bertz CT molecular complexity index is 690. The number of oxazole rings is 1. The zero-order chi connectivity index (χ0) is 13.9. The number of fused-ring (bicyclic) bond motifs is 1. The first-order valence-electron chi connectivity index (χ1n) is 6.66. The van der Waals surface area contributed by atoms with Gasteiger partial charge in [-0.1, -0.05) is 37.3 Å². The molecule has 0 aliphatic rings. The predicted octanol–water partition coefficient (Wildman–Crippen LogP) is 4.39. The molecule has 2 N–H and O–H groups in total.